The summed E-state index contributed by atoms with van der Waals surface area (Å²) in [5, 5.41) is 3.15. The van der Waals surface area contributed by atoms with Crippen molar-refractivity contribution in [3.63, 3.8) is 0 Å². The SMILES string of the molecule is CCN(CC)C(=O)c1ccc(NC(=O)CCCc2ncc(-c3ccccc3)o2)cc1Cl. The number of hydrogen-bond acceptors (Lipinski definition) is 4. The van der Waals surface area contributed by atoms with E-state index < -0.39 is 0 Å². The number of benzene rings is 2. The highest BCUT2D eigenvalue weighted by Crippen LogP contribution is 2.23. The largest absolute Gasteiger partial charge is 0.441 e. The van der Waals surface area contributed by atoms with Crippen LogP contribution in [0.3, 0.4) is 0 Å². The highest BCUT2D eigenvalue weighted by atomic mass is 35.5. The van der Waals surface area contributed by atoms with Gasteiger partial charge in [-0.3, -0.25) is 9.59 Å². The van der Waals surface area contributed by atoms with E-state index in [4.69, 9.17) is 16.0 Å². The molecule has 3 rings (SSSR count). The van der Waals surface area contributed by atoms with Gasteiger partial charge in [-0.15, -0.1) is 0 Å². The first kappa shape index (κ1) is 22.6. The number of amides is 2. The summed E-state index contributed by atoms with van der Waals surface area (Å²) in [6, 6.07) is 14.7. The highest BCUT2D eigenvalue weighted by Gasteiger charge is 2.16. The number of oxazole rings is 1. The highest BCUT2D eigenvalue weighted by molar-refractivity contribution is 6.34. The Morgan fingerprint density at radius 1 is 1.10 bits per heavy atom. The molecule has 0 aliphatic rings. The van der Waals surface area contributed by atoms with E-state index in [0.29, 0.717) is 60.3 Å². The van der Waals surface area contributed by atoms with Crippen molar-refractivity contribution in [2.45, 2.75) is 33.1 Å². The van der Waals surface area contributed by atoms with Crippen molar-refractivity contribution in [2.24, 2.45) is 0 Å². The Labute approximate surface area is 187 Å². The molecule has 0 radical (unpaired) electrons. The molecule has 0 bridgehead atoms. The van der Waals surface area contributed by atoms with Crippen molar-refractivity contribution >= 4 is 29.1 Å². The number of carbonyl (C=O) groups is 2. The quantitative estimate of drug-likeness (QED) is 0.481. The zero-order valence-electron chi connectivity index (χ0n) is 17.7. The van der Waals surface area contributed by atoms with Crippen molar-refractivity contribution in [1.29, 1.82) is 0 Å². The van der Waals surface area contributed by atoms with E-state index in [1.54, 1.807) is 29.3 Å². The molecule has 0 spiro atoms. The summed E-state index contributed by atoms with van der Waals surface area (Å²) in [6.45, 7) is 5.07. The smallest absolute Gasteiger partial charge is 0.255 e. The molecule has 0 aliphatic heterocycles. The number of nitrogens with zero attached hydrogens (tertiary/aromatic N) is 2. The fourth-order valence-electron chi connectivity index (χ4n) is 3.23. The summed E-state index contributed by atoms with van der Waals surface area (Å²) in [4.78, 5) is 30.7. The molecule has 7 heteroatoms. The summed E-state index contributed by atoms with van der Waals surface area (Å²) in [5.41, 5.74) is 1.97. The van der Waals surface area contributed by atoms with E-state index in [2.05, 4.69) is 10.3 Å². The Bertz CT molecular complexity index is 1030. The van der Waals surface area contributed by atoms with Crippen molar-refractivity contribution in [3.8, 4) is 11.3 Å². The first-order valence-corrected chi connectivity index (χ1v) is 10.8. The van der Waals surface area contributed by atoms with Gasteiger partial charge in [-0.25, -0.2) is 4.98 Å². The molecular formula is C24H26ClN3O3. The Hall–Kier alpha value is -3.12. The van der Waals surface area contributed by atoms with Gasteiger partial charge in [0.15, 0.2) is 11.7 Å². The first-order chi connectivity index (χ1) is 15.0. The molecule has 0 aliphatic carbocycles. The number of halogens is 1. The third kappa shape index (κ3) is 5.95. The van der Waals surface area contributed by atoms with E-state index in [1.807, 2.05) is 44.2 Å². The van der Waals surface area contributed by atoms with Crippen LogP contribution in [0.15, 0.2) is 59.1 Å². The van der Waals surface area contributed by atoms with Crippen LogP contribution in [0.4, 0.5) is 5.69 Å². The summed E-state index contributed by atoms with van der Waals surface area (Å²) >= 11 is 6.28. The first-order valence-electron chi connectivity index (χ1n) is 10.4. The third-order valence-corrected chi connectivity index (χ3v) is 5.25. The van der Waals surface area contributed by atoms with Crippen LogP contribution < -0.4 is 5.32 Å². The normalized spacial score (nSPS) is 10.7. The number of aryl methyl sites for hydroxylation is 1. The summed E-state index contributed by atoms with van der Waals surface area (Å²) in [5.74, 6) is 1.07. The van der Waals surface area contributed by atoms with Crippen molar-refractivity contribution < 1.29 is 14.0 Å². The average molecular weight is 440 g/mol. The third-order valence-electron chi connectivity index (χ3n) is 4.94. The molecular weight excluding hydrogens is 414 g/mol. The molecule has 1 heterocycles. The van der Waals surface area contributed by atoms with Gasteiger partial charge in [-0.2, -0.15) is 0 Å². The average Bonchev–Trinajstić information content (AvgIpc) is 3.24. The van der Waals surface area contributed by atoms with Gasteiger partial charge >= 0.3 is 0 Å². The van der Waals surface area contributed by atoms with Crippen molar-refractivity contribution in [2.75, 3.05) is 18.4 Å². The van der Waals surface area contributed by atoms with Crippen LogP contribution in [0.5, 0.6) is 0 Å². The summed E-state index contributed by atoms with van der Waals surface area (Å²) in [6.07, 6.45) is 3.19. The molecule has 0 saturated carbocycles. The van der Waals surface area contributed by atoms with Crippen LogP contribution in [-0.4, -0.2) is 34.8 Å². The molecule has 0 unspecified atom stereocenters. The van der Waals surface area contributed by atoms with Gasteiger partial charge in [-0.1, -0.05) is 41.9 Å². The summed E-state index contributed by atoms with van der Waals surface area (Å²) < 4.78 is 5.76. The van der Waals surface area contributed by atoms with Crippen LogP contribution in [-0.2, 0) is 11.2 Å². The van der Waals surface area contributed by atoms with Gasteiger partial charge in [0.1, 0.15) is 0 Å². The van der Waals surface area contributed by atoms with E-state index in [1.165, 1.54) is 0 Å². The molecule has 2 amide bonds. The number of nitrogens with one attached hydrogen (secondary N) is 1. The van der Waals surface area contributed by atoms with Crippen LogP contribution in [0.2, 0.25) is 5.02 Å². The molecule has 6 nitrogen and oxygen atoms in total. The van der Waals surface area contributed by atoms with E-state index in [9.17, 15) is 9.59 Å². The second kappa shape index (κ2) is 10.8. The van der Waals surface area contributed by atoms with Gasteiger partial charge in [-0.05, 0) is 38.5 Å². The van der Waals surface area contributed by atoms with E-state index >= 15 is 0 Å². The topological polar surface area (TPSA) is 75.4 Å². The molecule has 31 heavy (non-hydrogen) atoms. The van der Waals surface area contributed by atoms with Gasteiger partial charge < -0.3 is 14.6 Å². The fraction of sp³-hybridized carbons (Fsp3) is 0.292. The van der Waals surface area contributed by atoms with Gasteiger partial charge in [0, 0.05) is 37.2 Å². The Morgan fingerprint density at radius 2 is 1.84 bits per heavy atom. The Morgan fingerprint density at radius 3 is 2.52 bits per heavy atom. The van der Waals surface area contributed by atoms with Crippen LogP contribution in [0.1, 0.15) is 42.9 Å². The maximum Gasteiger partial charge on any atom is 0.255 e. The lowest BCUT2D eigenvalue weighted by Gasteiger charge is -2.19. The second-order valence-electron chi connectivity index (χ2n) is 7.06. The molecule has 2 aromatic carbocycles. The van der Waals surface area contributed by atoms with Gasteiger partial charge in [0.25, 0.3) is 5.91 Å². The minimum atomic E-state index is -0.131. The van der Waals surface area contributed by atoms with E-state index in [0.717, 1.165) is 5.56 Å². The number of hydrogen-bond donors (Lipinski definition) is 1. The predicted molar refractivity (Wildman–Crippen MR) is 122 cm³/mol. The zero-order valence-corrected chi connectivity index (χ0v) is 18.5. The maximum atomic E-state index is 12.5. The lowest BCUT2D eigenvalue weighted by molar-refractivity contribution is -0.116. The van der Waals surface area contributed by atoms with Crippen LogP contribution in [0.25, 0.3) is 11.3 Å². The molecule has 3 aromatic rings. The Balaban J connectivity index is 1.50. The Kier molecular flexibility index (Phi) is 7.84. The number of rotatable bonds is 9. The minimum absolute atomic E-state index is 0.117. The lowest BCUT2D eigenvalue weighted by atomic mass is 10.1. The zero-order chi connectivity index (χ0) is 22.2. The molecule has 0 atom stereocenters. The van der Waals surface area contributed by atoms with Crippen molar-refractivity contribution in [1.82, 2.24) is 9.88 Å². The second-order valence-corrected chi connectivity index (χ2v) is 7.47. The van der Waals surface area contributed by atoms with Gasteiger partial charge in [0.05, 0.1) is 16.8 Å². The number of carbonyl (C=O) groups excluding carboxylic acids is 2. The number of anilines is 1. The predicted octanol–water partition coefficient (Wildman–Crippen LogP) is 5.44. The van der Waals surface area contributed by atoms with Crippen LogP contribution >= 0.6 is 11.6 Å². The lowest BCUT2D eigenvalue weighted by Crippen LogP contribution is -2.30. The van der Waals surface area contributed by atoms with E-state index in [-0.39, 0.29) is 11.8 Å². The monoisotopic (exact) mass is 439 g/mol. The molecule has 1 N–H and O–H groups in total. The van der Waals surface area contributed by atoms with Gasteiger partial charge in [0.2, 0.25) is 5.91 Å². The minimum Gasteiger partial charge on any atom is -0.441 e. The summed E-state index contributed by atoms with van der Waals surface area (Å²) in [7, 11) is 0. The van der Waals surface area contributed by atoms with Crippen molar-refractivity contribution in [3.05, 3.63) is 71.2 Å². The molecule has 162 valence electrons. The van der Waals surface area contributed by atoms with Crippen LogP contribution in [0, 0.1) is 0 Å². The standard InChI is InChI=1S/C24H26ClN3O3/c1-3-28(4-2)24(30)19-14-13-18(15-20(19)25)27-22(29)11-8-12-23-26-16-21(31-23)17-9-6-5-7-10-17/h5-7,9-10,13-16H,3-4,8,11-12H2,1-2H3,(H,27,29). The molecule has 0 fully saturated rings. The fourth-order valence-corrected chi connectivity index (χ4v) is 3.49. The molecule has 0 saturated heterocycles. The molecule has 1 aromatic heterocycles. The number of aromatic nitrogens is 1. The maximum absolute atomic E-state index is 12.5.